The number of azo groups is 2. The van der Waals surface area contributed by atoms with Gasteiger partial charge in [0.1, 0.15) is 21.2 Å². The number of fused-ring (bicyclic) bond motifs is 2. The van der Waals surface area contributed by atoms with Crippen LogP contribution in [0.25, 0.3) is 44.3 Å². The van der Waals surface area contributed by atoms with Crippen LogP contribution in [0.15, 0.2) is 127 Å². The highest BCUT2D eigenvalue weighted by molar-refractivity contribution is 7.86. The Kier molecular flexibility index (Phi) is 9.89. The van der Waals surface area contributed by atoms with Gasteiger partial charge in [0, 0.05) is 33.3 Å². The zero-order valence-electron chi connectivity index (χ0n) is 29.9. The van der Waals surface area contributed by atoms with Crippen molar-refractivity contribution in [3.63, 3.8) is 0 Å². The summed E-state index contributed by atoms with van der Waals surface area (Å²) in [4.78, 5) is 11.6. The van der Waals surface area contributed by atoms with E-state index in [-0.39, 0.29) is 44.3 Å². The zero-order valence-corrected chi connectivity index (χ0v) is 31.5. The quantitative estimate of drug-likeness (QED) is 0.0522. The molecular weight excluding hydrogens is 825 g/mol. The molecule has 0 atom stereocenters. The van der Waals surface area contributed by atoms with Crippen molar-refractivity contribution in [3.05, 3.63) is 97.1 Å². The highest BCUT2D eigenvalue weighted by atomic mass is 32.2. The van der Waals surface area contributed by atoms with Gasteiger partial charge in [-0.1, -0.05) is 0 Å². The van der Waals surface area contributed by atoms with Crippen molar-refractivity contribution < 1.29 is 40.9 Å². The lowest BCUT2D eigenvalue weighted by atomic mass is 10.1. The fraction of sp³-hybridized carbons (Fsp3) is 0. The number of anilines is 2. The van der Waals surface area contributed by atoms with Gasteiger partial charge < -0.3 is 20.8 Å². The molecule has 0 radical (unpaired) electrons. The number of hydrogen-bond acceptors (Lipinski definition) is 17. The highest BCUT2D eigenvalue weighted by Crippen LogP contribution is 2.43. The summed E-state index contributed by atoms with van der Waals surface area (Å²) < 4.78 is 69.7. The van der Waals surface area contributed by atoms with Crippen molar-refractivity contribution in [2.45, 2.75) is 9.79 Å². The fourth-order valence-electron chi connectivity index (χ4n) is 5.89. The van der Waals surface area contributed by atoms with Crippen LogP contribution in [0.3, 0.4) is 0 Å². The Morgan fingerprint density at radius 2 is 0.950 bits per heavy atom. The summed E-state index contributed by atoms with van der Waals surface area (Å²) in [5.41, 5.74) is 0.998. The largest absolute Gasteiger partial charge is 0.505 e. The lowest BCUT2D eigenvalue weighted by Crippen LogP contribution is -2.19. The minimum Gasteiger partial charge on any atom is -0.505 e. The number of carbonyl (C=O) groups is 1. The molecule has 60 heavy (non-hydrogen) atoms. The molecule has 6 aromatic carbocycles. The van der Waals surface area contributed by atoms with E-state index in [0.717, 1.165) is 12.1 Å². The van der Waals surface area contributed by atoms with Crippen molar-refractivity contribution in [1.82, 2.24) is 41.2 Å². The van der Waals surface area contributed by atoms with Gasteiger partial charge in [0.2, 0.25) is 0 Å². The Labute approximate surface area is 335 Å². The number of rotatable bonds is 10. The number of nitrogens with zero attached hydrogens (tertiary/aromatic N) is 10. The summed E-state index contributed by atoms with van der Waals surface area (Å²) in [6.45, 7) is 0. The van der Waals surface area contributed by atoms with Gasteiger partial charge in [-0.2, -0.15) is 27.1 Å². The average Bonchev–Trinajstić information content (AvgIpc) is 3.96. The Morgan fingerprint density at radius 3 is 1.30 bits per heavy atom. The Hall–Kier alpha value is -8.13. The third-order valence-electron chi connectivity index (χ3n) is 8.68. The van der Waals surface area contributed by atoms with E-state index in [2.05, 4.69) is 72.3 Å². The van der Waals surface area contributed by atoms with Gasteiger partial charge in [-0.25, -0.2) is 15.0 Å². The number of aromatic amines is 2. The summed E-state index contributed by atoms with van der Waals surface area (Å²) in [6.07, 6.45) is 0. The molecule has 8 rings (SSSR count). The standard InChI is InChI=1S/C35H24N14O9S2/c50-31-25-11-9-23(13-19(25)15-27(59(53,54)55)29(31)40-38-21-5-1-17(2-6-21)33-42-46-47-43-33)36-35(52)37-24-10-12-26-20(14-24)16-28(60(56,57)58)30(32(26)51)41-39-22-7-3-18(4-8-22)34-44-48-49-45-34/h1-16,50-51H,(H2,36,37,52)(H,53,54,55)(H,56,57,58)(H,42,43,46,47)(H,44,45,48,49). The van der Waals surface area contributed by atoms with Crippen LogP contribution in [0.4, 0.5) is 38.9 Å². The number of urea groups is 1. The number of tetrazole rings is 2. The number of aromatic hydroxyl groups is 2. The van der Waals surface area contributed by atoms with Crippen LogP contribution in [0.5, 0.6) is 11.5 Å². The van der Waals surface area contributed by atoms with Crippen LogP contribution < -0.4 is 10.6 Å². The molecule has 8 aromatic rings. The van der Waals surface area contributed by atoms with Crippen molar-refractivity contribution in [3.8, 4) is 34.3 Å². The van der Waals surface area contributed by atoms with E-state index in [1.807, 2.05) is 0 Å². The summed E-state index contributed by atoms with van der Waals surface area (Å²) >= 11 is 0. The molecule has 0 saturated heterocycles. The highest BCUT2D eigenvalue weighted by Gasteiger charge is 2.24. The van der Waals surface area contributed by atoms with Crippen LogP contribution >= 0.6 is 0 Å². The first-order chi connectivity index (χ1) is 28.7. The number of aromatic nitrogens is 8. The van der Waals surface area contributed by atoms with Gasteiger partial charge in [-0.3, -0.25) is 9.11 Å². The number of carbonyl (C=O) groups excluding carboxylic acids is 1. The van der Waals surface area contributed by atoms with Gasteiger partial charge in [-0.15, -0.1) is 20.4 Å². The van der Waals surface area contributed by atoms with E-state index in [4.69, 9.17) is 0 Å². The van der Waals surface area contributed by atoms with E-state index in [0.29, 0.717) is 22.8 Å². The van der Waals surface area contributed by atoms with E-state index < -0.39 is 58.9 Å². The second kappa shape index (κ2) is 15.3. The molecule has 300 valence electrons. The summed E-state index contributed by atoms with van der Waals surface area (Å²) in [5, 5.41) is 70.4. The molecule has 2 amide bonds. The maximum Gasteiger partial charge on any atom is 0.323 e. The third kappa shape index (κ3) is 8.02. The van der Waals surface area contributed by atoms with Gasteiger partial charge in [0.05, 0.1) is 11.4 Å². The molecule has 0 saturated carbocycles. The molecule has 0 aliphatic carbocycles. The number of hydrogen-bond donors (Lipinski definition) is 8. The summed E-state index contributed by atoms with van der Waals surface area (Å²) in [5.74, 6) is -0.438. The molecule has 25 heteroatoms. The van der Waals surface area contributed by atoms with Crippen LogP contribution in [0.2, 0.25) is 0 Å². The van der Waals surface area contributed by atoms with Crippen molar-refractivity contribution >= 4 is 81.9 Å². The van der Waals surface area contributed by atoms with Gasteiger partial charge >= 0.3 is 6.03 Å². The van der Waals surface area contributed by atoms with Crippen LogP contribution in [0, 0.1) is 0 Å². The molecule has 0 spiro atoms. The van der Waals surface area contributed by atoms with Crippen LogP contribution in [-0.2, 0) is 20.2 Å². The van der Waals surface area contributed by atoms with Crippen molar-refractivity contribution in [2.75, 3.05) is 10.6 Å². The van der Waals surface area contributed by atoms with E-state index in [9.17, 15) is 40.9 Å². The molecule has 0 bridgehead atoms. The van der Waals surface area contributed by atoms with Crippen molar-refractivity contribution in [2.24, 2.45) is 20.5 Å². The average molecular weight is 849 g/mol. The van der Waals surface area contributed by atoms with Gasteiger partial charge in [-0.05, 0) is 129 Å². The maximum atomic E-state index is 13.1. The van der Waals surface area contributed by atoms with E-state index in [1.54, 1.807) is 48.5 Å². The van der Waals surface area contributed by atoms with E-state index >= 15 is 0 Å². The monoisotopic (exact) mass is 848 g/mol. The third-order valence-corrected chi connectivity index (χ3v) is 10.4. The smallest absolute Gasteiger partial charge is 0.323 e. The number of nitrogens with one attached hydrogen (secondary N) is 4. The zero-order chi connectivity index (χ0) is 42.2. The Balaban J connectivity index is 1.02. The minimum absolute atomic E-state index is 0.0924. The Morgan fingerprint density at radius 1 is 0.550 bits per heavy atom. The molecule has 0 aliphatic rings. The molecule has 0 unspecified atom stereocenters. The first-order valence-electron chi connectivity index (χ1n) is 16.9. The first kappa shape index (κ1) is 38.7. The topological polar surface area (TPSA) is 349 Å². The normalized spacial score (nSPS) is 12.2. The first-order valence-corrected chi connectivity index (χ1v) is 19.7. The lowest BCUT2D eigenvalue weighted by molar-refractivity contribution is 0.262. The number of phenolic OH excluding ortho intramolecular Hbond substituents is 2. The molecule has 0 aliphatic heterocycles. The molecule has 2 aromatic heterocycles. The molecule has 23 nitrogen and oxygen atoms in total. The molecule has 0 fully saturated rings. The van der Waals surface area contributed by atoms with Crippen LogP contribution in [0.1, 0.15) is 0 Å². The molecule has 2 heterocycles. The summed E-state index contributed by atoms with van der Waals surface area (Å²) in [6, 6.07) is 22.2. The molecule has 8 N–H and O–H groups in total. The Bertz CT molecular complexity index is 3020. The van der Waals surface area contributed by atoms with Crippen molar-refractivity contribution in [1.29, 1.82) is 0 Å². The summed E-state index contributed by atoms with van der Waals surface area (Å²) in [7, 11) is -9.91. The minimum atomic E-state index is -4.95. The van der Waals surface area contributed by atoms with Crippen LogP contribution in [-0.4, -0.2) is 83.4 Å². The predicted octanol–water partition coefficient (Wildman–Crippen LogP) is 6.73. The maximum absolute atomic E-state index is 13.1. The number of benzene rings is 6. The number of phenols is 2. The number of H-pyrrole nitrogens is 2. The second-order valence-electron chi connectivity index (χ2n) is 12.5. The van der Waals surface area contributed by atoms with Gasteiger partial charge in [0.15, 0.2) is 23.1 Å². The number of amides is 2. The molecular formula is C35H24N14O9S2. The van der Waals surface area contributed by atoms with Gasteiger partial charge in [0.25, 0.3) is 20.2 Å². The van der Waals surface area contributed by atoms with E-state index in [1.165, 1.54) is 36.4 Å². The fourth-order valence-corrected chi connectivity index (χ4v) is 7.20. The SMILES string of the molecule is O=C(Nc1ccc2c(O)c(N=Nc3ccc(-c4nnn[nH]4)cc3)c(S(=O)(=O)O)cc2c1)Nc1ccc2c(O)c(N=Nc3ccc(-c4nnn[nH]4)cc3)c(S(=O)(=O)O)cc2c1. The second-order valence-corrected chi connectivity index (χ2v) is 15.3. The predicted molar refractivity (Wildman–Crippen MR) is 211 cm³/mol. The lowest BCUT2D eigenvalue weighted by Gasteiger charge is -2.13.